The first-order valence-corrected chi connectivity index (χ1v) is 5.42. The van der Waals surface area contributed by atoms with Gasteiger partial charge in [-0.3, -0.25) is 4.79 Å². The van der Waals surface area contributed by atoms with Crippen molar-refractivity contribution in [3.63, 3.8) is 0 Å². The molecule has 0 radical (unpaired) electrons. The average Bonchev–Trinajstić information content (AvgIpc) is 2.15. The van der Waals surface area contributed by atoms with Crippen LogP contribution >= 0.6 is 15.9 Å². The van der Waals surface area contributed by atoms with Gasteiger partial charge in [0.05, 0.1) is 5.92 Å². The van der Waals surface area contributed by atoms with Crippen LogP contribution < -0.4 is 0 Å². The van der Waals surface area contributed by atoms with Crippen LogP contribution in [0.3, 0.4) is 0 Å². The third kappa shape index (κ3) is 3.51. The summed E-state index contributed by atoms with van der Waals surface area (Å²) in [5.74, 6) is -1.30. The Morgan fingerprint density at radius 2 is 2.00 bits per heavy atom. The number of hydrogen-bond acceptors (Lipinski definition) is 1. The number of benzene rings is 1. The summed E-state index contributed by atoms with van der Waals surface area (Å²) in [6, 6.07) is 7.35. The van der Waals surface area contributed by atoms with E-state index < -0.39 is 11.9 Å². The van der Waals surface area contributed by atoms with Crippen LogP contribution in [0.4, 0.5) is 0 Å². The number of hydrogen-bond donors (Lipinski definition) is 1. The second kappa shape index (κ2) is 5.12. The molecule has 0 heterocycles. The highest BCUT2D eigenvalue weighted by molar-refractivity contribution is 9.10. The van der Waals surface area contributed by atoms with Gasteiger partial charge in [0.2, 0.25) is 0 Å². The third-order valence-corrected chi connectivity index (χ3v) is 2.65. The van der Waals surface area contributed by atoms with Crippen molar-refractivity contribution in [1.29, 1.82) is 0 Å². The fourth-order valence-corrected chi connectivity index (χ4v) is 1.66. The molecule has 1 aromatic carbocycles. The van der Waals surface area contributed by atoms with E-state index in [9.17, 15) is 4.79 Å². The Morgan fingerprint density at radius 1 is 1.47 bits per heavy atom. The first kappa shape index (κ1) is 12.0. The SMILES string of the molecule is C=C(C)CC(C(=O)O)c1ccc(Br)cc1. The number of carboxylic acid groups (broad SMARTS) is 1. The van der Waals surface area contributed by atoms with E-state index in [-0.39, 0.29) is 0 Å². The summed E-state index contributed by atoms with van der Waals surface area (Å²) in [6.07, 6.45) is 0.483. The standard InChI is InChI=1S/C12H13BrO2/c1-8(2)7-11(12(14)15)9-3-5-10(13)6-4-9/h3-6,11H,1,7H2,2H3,(H,14,15). The normalized spacial score (nSPS) is 12.1. The molecule has 1 N–H and O–H groups in total. The molecular formula is C12H13BrO2. The number of halogens is 1. The van der Waals surface area contributed by atoms with Gasteiger partial charge in [0.15, 0.2) is 0 Å². The van der Waals surface area contributed by atoms with E-state index in [1.807, 2.05) is 31.2 Å². The van der Waals surface area contributed by atoms with Gasteiger partial charge in [-0.15, -0.1) is 6.58 Å². The first-order chi connectivity index (χ1) is 7.00. The minimum Gasteiger partial charge on any atom is -0.481 e. The molecule has 0 spiro atoms. The molecule has 1 unspecified atom stereocenters. The van der Waals surface area contributed by atoms with Crippen molar-refractivity contribution >= 4 is 21.9 Å². The zero-order valence-corrected chi connectivity index (χ0v) is 10.1. The van der Waals surface area contributed by atoms with Gasteiger partial charge in [-0.25, -0.2) is 0 Å². The van der Waals surface area contributed by atoms with Gasteiger partial charge < -0.3 is 5.11 Å². The zero-order chi connectivity index (χ0) is 11.4. The van der Waals surface area contributed by atoms with Crippen LogP contribution in [-0.4, -0.2) is 11.1 Å². The summed E-state index contributed by atoms with van der Waals surface area (Å²) in [5, 5.41) is 9.09. The lowest BCUT2D eigenvalue weighted by Gasteiger charge is -2.12. The molecule has 80 valence electrons. The number of aliphatic carboxylic acids is 1. The molecule has 0 fully saturated rings. The van der Waals surface area contributed by atoms with Crippen molar-refractivity contribution in [2.45, 2.75) is 19.3 Å². The Morgan fingerprint density at radius 3 is 2.40 bits per heavy atom. The van der Waals surface area contributed by atoms with Crippen LogP contribution in [0, 0.1) is 0 Å². The lowest BCUT2D eigenvalue weighted by atomic mass is 9.93. The molecule has 0 amide bonds. The zero-order valence-electron chi connectivity index (χ0n) is 8.53. The van der Waals surface area contributed by atoms with E-state index in [1.165, 1.54) is 0 Å². The molecule has 3 heteroatoms. The minimum atomic E-state index is -0.805. The molecule has 0 saturated heterocycles. The Hall–Kier alpha value is -1.09. The Balaban J connectivity index is 2.94. The molecule has 1 atom stereocenters. The lowest BCUT2D eigenvalue weighted by molar-refractivity contribution is -0.138. The molecule has 0 saturated carbocycles. The van der Waals surface area contributed by atoms with Crippen molar-refractivity contribution in [1.82, 2.24) is 0 Å². The van der Waals surface area contributed by atoms with Crippen LogP contribution in [0.25, 0.3) is 0 Å². The Labute approximate surface area is 97.8 Å². The van der Waals surface area contributed by atoms with Crippen molar-refractivity contribution in [2.75, 3.05) is 0 Å². The van der Waals surface area contributed by atoms with E-state index in [4.69, 9.17) is 5.11 Å². The third-order valence-electron chi connectivity index (χ3n) is 2.12. The van der Waals surface area contributed by atoms with E-state index >= 15 is 0 Å². The molecule has 1 rings (SSSR count). The Kier molecular flexibility index (Phi) is 4.09. The maximum Gasteiger partial charge on any atom is 0.311 e. The van der Waals surface area contributed by atoms with Crippen LogP contribution in [0.15, 0.2) is 40.9 Å². The lowest BCUT2D eigenvalue weighted by Crippen LogP contribution is -2.11. The summed E-state index contributed by atoms with van der Waals surface area (Å²) >= 11 is 3.32. The topological polar surface area (TPSA) is 37.3 Å². The summed E-state index contributed by atoms with van der Waals surface area (Å²) < 4.78 is 0.950. The van der Waals surface area contributed by atoms with Gasteiger partial charge >= 0.3 is 5.97 Å². The van der Waals surface area contributed by atoms with Crippen molar-refractivity contribution in [3.05, 3.63) is 46.5 Å². The monoisotopic (exact) mass is 268 g/mol. The number of carbonyl (C=O) groups is 1. The minimum absolute atomic E-state index is 0.483. The molecule has 0 aliphatic heterocycles. The predicted octanol–water partition coefficient (Wildman–Crippen LogP) is 3.58. The summed E-state index contributed by atoms with van der Waals surface area (Å²) in [6.45, 7) is 5.59. The van der Waals surface area contributed by atoms with Gasteiger partial charge in [-0.05, 0) is 31.0 Å². The van der Waals surface area contributed by atoms with Gasteiger partial charge in [-0.2, -0.15) is 0 Å². The van der Waals surface area contributed by atoms with Crippen LogP contribution in [-0.2, 0) is 4.79 Å². The average molecular weight is 269 g/mol. The molecule has 0 aliphatic rings. The van der Waals surface area contributed by atoms with Crippen LogP contribution in [0.5, 0.6) is 0 Å². The highest BCUT2D eigenvalue weighted by Crippen LogP contribution is 2.24. The van der Waals surface area contributed by atoms with E-state index in [2.05, 4.69) is 22.5 Å². The van der Waals surface area contributed by atoms with Crippen LogP contribution in [0.2, 0.25) is 0 Å². The fraction of sp³-hybridized carbons (Fsp3) is 0.250. The largest absolute Gasteiger partial charge is 0.481 e. The second-order valence-electron chi connectivity index (χ2n) is 3.60. The fourth-order valence-electron chi connectivity index (χ4n) is 1.39. The maximum absolute atomic E-state index is 11.1. The van der Waals surface area contributed by atoms with E-state index in [1.54, 1.807) is 0 Å². The smallest absolute Gasteiger partial charge is 0.311 e. The predicted molar refractivity (Wildman–Crippen MR) is 63.9 cm³/mol. The number of rotatable bonds is 4. The molecule has 2 nitrogen and oxygen atoms in total. The molecule has 0 bridgehead atoms. The summed E-state index contributed by atoms with van der Waals surface area (Å²) in [7, 11) is 0. The van der Waals surface area contributed by atoms with E-state index in [0.717, 1.165) is 15.6 Å². The van der Waals surface area contributed by atoms with Crippen LogP contribution in [0.1, 0.15) is 24.8 Å². The van der Waals surface area contributed by atoms with Gasteiger partial charge in [0.1, 0.15) is 0 Å². The van der Waals surface area contributed by atoms with Crippen molar-refractivity contribution in [2.24, 2.45) is 0 Å². The quantitative estimate of drug-likeness (QED) is 0.848. The van der Waals surface area contributed by atoms with Crippen molar-refractivity contribution in [3.8, 4) is 0 Å². The number of allylic oxidation sites excluding steroid dienone is 1. The summed E-state index contributed by atoms with van der Waals surface area (Å²) in [5.41, 5.74) is 1.69. The highest BCUT2D eigenvalue weighted by atomic mass is 79.9. The molecule has 1 aromatic rings. The molecule has 0 aliphatic carbocycles. The molecular weight excluding hydrogens is 256 g/mol. The van der Waals surface area contributed by atoms with Gasteiger partial charge in [0, 0.05) is 4.47 Å². The van der Waals surface area contributed by atoms with Crippen molar-refractivity contribution < 1.29 is 9.90 Å². The number of carboxylic acids is 1. The van der Waals surface area contributed by atoms with Gasteiger partial charge in [0.25, 0.3) is 0 Å². The van der Waals surface area contributed by atoms with Gasteiger partial charge in [-0.1, -0.05) is 33.6 Å². The maximum atomic E-state index is 11.1. The molecule has 15 heavy (non-hydrogen) atoms. The Bertz CT molecular complexity index is 368. The summed E-state index contributed by atoms with van der Waals surface area (Å²) in [4.78, 5) is 11.1. The second-order valence-corrected chi connectivity index (χ2v) is 4.52. The molecule has 0 aromatic heterocycles. The first-order valence-electron chi connectivity index (χ1n) is 4.63. The van der Waals surface area contributed by atoms with E-state index in [0.29, 0.717) is 6.42 Å². The highest BCUT2D eigenvalue weighted by Gasteiger charge is 2.19.